The van der Waals surface area contributed by atoms with Gasteiger partial charge in [0.25, 0.3) is 0 Å². The van der Waals surface area contributed by atoms with E-state index in [-0.39, 0.29) is 72.3 Å². The van der Waals surface area contributed by atoms with Crippen LogP contribution >= 0.6 is 0 Å². The van der Waals surface area contributed by atoms with Gasteiger partial charge in [-0.05, 0) is 6.42 Å². The van der Waals surface area contributed by atoms with Crippen molar-refractivity contribution in [2.75, 3.05) is 33.0 Å². The largest absolute Gasteiger partial charge is 1.00 e. The first-order valence-electron chi connectivity index (χ1n) is 10.8. The number of carbonyl (C=O) groups excluding carboxylic acids is 2. The molecule has 0 aromatic heterocycles. The predicted molar refractivity (Wildman–Crippen MR) is 108 cm³/mol. The molecule has 0 aliphatic rings. The van der Waals surface area contributed by atoms with Crippen LogP contribution in [0.5, 0.6) is 0 Å². The third-order valence-electron chi connectivity index (χ3n) is 4.47. The van der Waals surface area contributed by atoms with Crippen molar-refractivity contribution in [3.63, 3.8) is 0 Å². The molecule has 0 heterocycles. The fraction of sp³-hybridized carbons (Fsp3) is 0.900. The van der Waals surface area contributed by atoms with Gasteiger partial charge in [-0.25, -0.2) is 8.42 Å². The summed E-state index contributed by atoms with van der Waals surface area (Å²) in [7, 11) is -5.18. The van der Waals surface area contributed by atoms with Gasteiger partial charge in [-0.1, -0.05) is 64.7 Å². The van der Waals surface area contributed by atoms with Gasteiger partial charge in [0.1, 0.15) is 16.7 Å². The van der Waals surface area contributed by atoms with E-state index >= 15 is 0 Å². The van der Waals surface area contributed by atoms with Crippen molar-refractivity contribution in [1.82, 2.24) is 0 Å². The minimum Gasteiger partial charge on any atom is -0.747 e. The summed E-state index contributed by atoms with van der Waals surface area (Å²) < 4.78 is 47.4. The molecular formula is C20H36Na2O9S. The van der Waals surface area contributed by atoms with E-state index in [0.717, 1.165) is 12.8 Å². The van der Waals surface area contributed by atoms with Crippen molar-refractivity contribution in [3.05, 3.63) is 0 Å². The van der Waals surface area contributed by atoms with Crippen molar-refractivity contribution >= 4 is 22.1 Å². The summed E-state index contributed by atoms with van der Waals surface area (Å²) in [4.78, 5) is 21.9. The van der Waals surface area contributed by atoms with Crippen molar-refractivity contribution < 1.29 is 101 Å². The summed E-state index contributed by atoms with van der Waals surface area (Å²) in [6, 6.07) is 0. The minimum atomic E-state index is -5.18. The first-order valence-corrected chi connectivity index (χ1v) is 12.2. The molecule has 0 aliphatic carbocycles. The van der Waals surface area contributed by atoms with E-state index in [1.807, 2.05) is 0 Å². The molecule has 1 atom stereocenters. The summed E-state index contributed by atoms with van der Waals surface area (Å²) in [6.45, 7) is 3.48. The number of rotatable bonds is 21. The van der Waals surface area contributed by atoms with Crippen LogP contribution in [0.3, 0.4) is 0 Å². The van der Waals surface area contributed by atoms with Crippen molar-refractivity contribution in [2.24, 2.45) is 0 Å². The Morgan fingerprint density at radius 1 is 0.750 bits per heavy atom. The second kappa shape index (κ2) is 24.9. The van der Waals surface area contributed by atoms with E-state index in [1.165, 1.54) is 51.4 Å². The molecule has 0 aliphatic heterocycles. The van der Waals surface area contributed by atoms with Crippen molar-refractivity contribution in [1.29, 1.82) is 0 Å². The maximum Gasteiger partial charge on any atom is 1.00 e. The number of hydrogen-bond donors (Lipinski definition) is 0. The SMILES string of the molecule is CCCCCCCCCCCCOCCOCCOC(=O)CC(C(=O)[O-])S(=O)(=O)[O-].[Na+].[Na+]. The van der Waals surface area contributed by atoms with Gasteiger partial charge in [-0.2, -0.15) is 0 Å². The number of ether oxygens (including phenoxy) is 3. The Bertz CT molecular complexity index is 559. The Labute approximate surface area is 237 Å². The Morgan fingerprint density at radius 2 is 1.19 bits per heavy atom. The van der Waals surface area contributed by atoms with E-state index in [2.05, 4.69) is 11.7 Å². The zero-order valence-electron chi connectivity index (χ0n) is 20.0. The molecule has 12 heteroatoms. The molecule has 1 unspecified atom stereocenters. The van der Waals surface area contributed by atoms with Gasteiger partial charge in [-0.15, -0.1) is 0 Å². The summed E-state index contributed by atoms with van der Waals surface area (Å²) in [5.74, 6) is -3.25. The summed E-state index contributed by atoms with van der Waals surface area (Å²) >= 11 is 0. The molecular weight excluding hydrogens is 462 g/mol. The molecule has 9 nitrogen and oxygen atoms in total. The number of carboxylic acid groups (broad SMARTS) is 1. The number of aliphatic carboxylic acids is 1. The first kappa shape index (κ1) is 37.3. The molecule has 0 radical (unpaired) electrons. The van der Waals surface area contributed by atoms with Crippen LogP contribution in [0.2, 0.25) is 0 Å². The second-order valence-corrected chi connectivity index (χ2v) is 8.69. The monoisotopic (exact) mass is 498 g/mol. The Balaban J connectivity index is -0.00000420. The van der Waals surface area contributed by atoms with E-state index in [9.17, 15) is 27.7 Å². The molecule has 0 N–H and O–H groups in total. The summed E-state index contributed by atoms with van der Waals surface area (Å²) in [5, 5.41) is 8.12. The smallest absolute Gasteiger partial charge is 0.747 e. The van der Waals surface area contributed by atoms with Gasteiger partial charge in [0.2, 0.25) is 0 Å². The van der Waals surface area contributed by atoms with Crippen LogP contribution < -0.4 is 64.2 Å². The van der Waals surface area contributed by atoms with Gasteiger partial charge in [0, 0.05) is 6.61 Å². The molecule has 0 aromatic carbocycles. The zero-order valence-corrected chi connectivity index (χ0v) is 24.8. The van der Waals surface area contributed by atoms with Crippen LogP contribution in [0.15, 0.2) is 0 Å². The molecule has 0 rings (SSSR count). The maximum absolute atomic E-state index is 11.4. The van der Waals surface area contributed by atoms with E-state index in [4.69, 9.17) is 9.47 Å². The maximum atomic E-state index is 11.4. The van der Waals surface area contributed by atoms with Gasteiger partial charge in [-0.3, -0.25) is 4.79 Å². The molecule has 0 fully saturated rings. The van der Waals surface area contributed by atoms with E-state index in [1.54, 1.807) is 0 Å². The van der Waals surface area contributed by atoms with Gasteiger partial charge in [0.15, 0.2) is 0 Å². The molecule has 0 amide bonds. The normalized spacial score (nSPS) is 11.8. The number of hydrogen-bond acceptors (Lipinski definition) is 9. The fourth-order valence-corrected chi connectivity index (χ4v) is 3.32. The number of carboxylic acids is 1. The van der Waals surface area contributed by atoms with Crippen LogP contribution in [-0.2, 0) is 33.9 Å². The molecule has 0 saturated heterocycles. The standard InChI is InChI=1S/C20H38O9S.2Na/c1-2-3-4-5-6-7-8-9-10-11-12-27-13-14-28-15-16-29-19(21)17-18(20(22)23)30(24,25)26;;/h18H,2-17H2,1H3,(H,22,23)(H,24,25,26);;/q;2*+1/p-2. The van der Waals surface area contributed by atoms with Crippen LogP contribution in [0, 0.1) is 0 Å². The summed E-state index contributed by atoms with van der Waals surface area (Å²) in [5.41, 5.74) is 0. The first-order chi connectivity index (χ1) is 14.3. The molecule has 0 spiro atoms. The van der Waals surface area contributed by atoms with Crippen molar-refractivity contribution in [3.8, 4) is 0 Å². The van der Waals surface area contributed by atoms with E-state index in [0.29, 0.717) is 19.8 Å². The van der Waals surface area contributed by atoms with Crippen LogP contribution in [0.1, 0.15) is 77.6 Å². The number of carbonyl (C=O) groups is 2. The molecule has 178 valence electrons. The quantitative estimate of drug-likeness (QED) is 0.0663. The van der Waals surface area contributed by atoms with Gasteiger partial charge >= 0.3 is 65.1 Å². The second-order valence-electron chi connectivity index (χ2n) is 7.13. The number of unbranched alkanes of at least 4 members (excludes halogenated alkanes) is 9. The molecule has 32 heavy (non-hydrogen) atoms. The Hall–Kier alpha value is 0.770. The van der Waals surface area contributed by atoms with Crippen LogP contribution in [0.4, 0.5) is 0 Å². The van der Waals surface area contributed by atoms with Crippen LogP contribution in [-0.4, -0.2) is 63.2 Å². The average molecular weight is 499 g/mol. The van der Waals surface area contributed by atoms with Gasteiger partial charge < -0.3 is 28.7 Å². The molecule has 0 saturated carbocycles. The van der Waals surface area contributed by atoms with Crippen molar-refractivity contribution in [2.45, 2.75) is 82.8 Å². The van der Waals surface area contributed by atoms with Gasteiger partial charge in [0.05, 0.1) is 37.5 Å². The third kappa shape index (κ3) is 23.9. The summed E-state index contributed by atoms with van der Waals surface area (Å²) in [6.07, 6.45) is 11.5. The number of esters is 1. The Morgan fingerprint density at radius 3 is 1.66 bits per heavy atom. The molecule has 0 aromatic rings. The molecule has 0 bridgehead atoms. The third-order valence-corrected chi connectivity index (χ3v) is 5.52. The zero-order chi connectivity index (χ0) is 22.7. The topological polar surface area (TPSA) is 142 Å². The minimum absolute atomic E-state index is 0. The predicted octanol–water partition coefficient (Wildman–Crippen LogP) is -4.45. The average Bonchev–Trinajstić information content (AvgIpc) is 2.67. The van der Waals surface area contributed by atoms with E-state index < -0.39 is 33.7 Å². The Kier molecular flexibility index (Phi) is 29.0. The van der Waals surface area contributed by atoms with Crippen LogP contribution in [0.25, 0.3) is 0 Å². The fourth-order valence-electron chi connectivity index (χ4n) is 2.74.